The number of aromatic nitrogens is 2. The number of para-hydroxylation sites is 1. The van der Waals surface area contributed by atoms with Crippen molar-refractivity contribution in [1.29, 1.82) is 0 Å². The van der Waals surface area contributed by atoms with Crippen molar-refractivity contribution in [2.75, 3.05) is 6.61 Å². The lowest BCUT2D eigenvalue weighted by Gasteiger charge is -2.27. The van der Waals surface area contributed by atoms with Crippen LogP contribution in [0.15, 0.2) is 42.7 Å². The van der Waals surface area contributed by atoms with Gasteiger partial charge < -0.3 is 10.4 Å². The molecule has 1 fully saturated rings. The lowest BCUT2D eigenvalue weighted by atomic mass is 9.86. The number of aliphatic hydroxyl groups is 1. The SMILES string of the molecule is O=C(NC1CCC(CO)CC1)C(=O)c1cnn(-c2ccccc2)c1. The Kier molecular flexibility index (Phi) is 5.05. The summed E-state index contributed by atoms with van der Waals surface area (Å²) in [5.41, 5.74) is 1.11. The van der Waals surface area contributed by atoms with Crippen molar-refractivity contribution < 1.29 is 14.7 Å². The van der Waals surface area contributed by atoms with E-state index in [0.29, 0.717) is 5.92 Å². The van der Waals surface area contributed by atoms with E-state index in [4.69, 9.17) is 5.11 Å². The Labute approximate surface area is 140 Å². The Morgan fingerprint density at radius 2 is 1.88 bits per heavy atom. The number of aliphatic hydroxyl groups excluding tert-OH is 1. The normalized spacial score (nSPS) is 20.5. The number of hydrogen-bond acceptors (Lipinski definition) is 4. The van der Waals surface area contributed by atoms with E-state index in [1.165, 1.54) is 6.20 Å². The number of amides is 1. The van der Waals surface area contributed by atoms with Gasteiger partial charge in [-0.05, 0) is 43.7 Å². The Hall–Kier alpha value is -2.47. The molecular formula is C18H21N3O3. The summed E-state index contributed by atoms with van der Waals surface area (Å²) < 4.78 is 1.58. The average molecular weight is 327 g/mol. The maximum Gasteiger partial charge on any atom is 0.292 e. The zero-order valence-corrected chi connectivity index (χ0v) is 13.4. The van der Waals surface area contributed by atoms with E-state index in [1.807, 2.05) is 30.3 Å². The minimum atomic E-state index is -0.588. The summed E-state index contributed by atoms with van der Waals surface area (Å²) in [6.45, 7) is 0.193. The minimum absolute atomic E-state index is 0.00779. The quantitative estimate of drug-likeness (QED) is 0.647. The number of carbonyl (C=O) groups excluding carboxylic acids is 2. The highest BCUT2D eigenvalue weighted by molar-refractivity contribution is 6.42. The molecule has 0 atom stereocenters. The third-order valence-electron chi connectivity index (χ3n) is 4.51. The molecule has 0 radical (unpaired) electrons. The van der Waals surface area contributed by atoms with Gasteiger partial charge in [0.2, 0.25) is 0 Å². The lowest BCUT2D eigenvalue weighted by Crippen LogP contribution is -2.41. The largest absolute Gasteiger partial charge is 0.396 e. The maximum absolute atomic E-state index is 12.3. The zero-order chi connectivity index (χ0) is 16.9. The molecule has 1 aliphatic rings. The first-order valence-electron chi connectivity index (χ1n) is 8.23. The van der Waals surface area contributed by atoms with Crippen LogP contribution < -0.4 is 5.32 Å². The number of nitrogens with one attached hydrogen (secondary N) is 1. The topological polar surface area (TPSA) is 84.2 Å². The molecule has 1 amide bonds. The van der Waals surface area contributed by atoms with Crippen molar-refractivity contribution in [2.45, 2.75) is 31.7 Å². The Balaban J connectivity index is 1.60. The second kappa shape index (κ2) is 7.40. The number of rotatable bonds is 5. The van der Waals surface area contributed by atoms with E-state index < -0.39 is 11.7 Å². The van der Waals surface area contributed by atoms with Gasteiger partial charge in [-0.2, -0.15) is 5.10 Å². The van der Waals surface area contributed by atoms with Crippen LogP contribution in [0.1, 0.15) is 36.0 Å². The summed E-state index contributed by atoms with van der Waals surface area (Å²) in [6, 6.07) is 9.43. The van der Waals surface area contributed by atoms with E-state index in [1.54, 1.807) is 10.9 Å². The monoisotopic (exact) mass is 327 g/mol. The number of ketones is 1. The molecule has 0 saturated heterocycles. The van der Waals surface area contributed by atoms with Crippen LogP contribution in [-0.2, 0) is 4.79 Å². The molecule has 1 heterocycles. The predicted molar refractivity (Wildman–Crippen MR) is 88.9 cm³/mol. The van der Waals surface area contributed by atoms with Crippen LogP contribution in [0.2, 0.25) is 0 Å². The highest BCUT2D eigenvalue weighted by Gasteiger charge is 2.25. The van der Waals surface area contributed by atoms with Crippen LogP contribution in [0.25, 0.3) is 5.69 Å². The summed E-state index contributed by atoms with van der Waals surface area (Å²) in [6.07, 6.45) is 6.34. The van der Waals surface area contributed by atoms with Crippen LogP contribution in [0.4, 0.5) is 0 Å². The first-order valence-corrected chi connectivity index (χ1v) is 8.23. The van der Waals surface area contributed by atoms with Gasteiger partial charge in [0.15, 0.2) is 0 Å². The van der Waals surface area contributed by atoms with Crippen LogP contribution in [0.3, 0.4) is 0 Å². The van der Waals surface area contributed by atoms with Crippen LogP contribution in [-0.4, -0.2) is 39.2 Å². The van der Waals surface area contributed by atoms with Crippen molar-refractivity contribution in [3.63, 3.8) is 0 Å². The Morgan fingerprint density at radius 3 is 2.54 bits per heavy atom. The van der Waals surface area contributed by atoms with Gasteiger partial charge in [0.25, 0.3) is 11.7 Å². The molecule has 1 aromatic carbocycles. The summed E-state index contributed by atoms with van der Waals surface area (Å²) in [5, 5.41) is 16.1. The van der Waals surface area contributed by atoms with Gasteiger partial charge in [0, 0.05) is 18.8 Å². The fraction of sp³-hybridized carbons (Fsp3) is 0.389. The van der Waals surface area contributed by atoms with Crippen molar-refractivity contribution in [3.05, 3.63) is 48.3 Å². The molecule has 24 heavy (non-hydrogen) atoms. The van der Waals surface area contributed by atoms with Crippen molar-refractivity contribution in [2.24, 2.45) is 5.92 Å². The minimum Gasteiger partial charge on any atom is -0.396 e. The highest BCUT2D eigenvalue weighted by Crippen LogP contribution is 2.23. The van der Waals surface area contributed by atoms with Gasteiger partial charge in [0.05, 0.1) is 17.4 Å². The predicted octanol–water partition coefficient (Wildman–Crippen LogP) is 1.72. The van der Waals surface area contributed by atoms with Crippen LogP contribution in [0, 0.1) is 5.92 Å². The molecule has 6 heteroatoms. The van der Waals surface area contributed by atoms with Crippen molar-refractivity contribution in [3.8, 4) is 5.69 Å². The van der Waals surface area contributed by atoms with Crippen LogP contribution >= 0.6 is 0 Å². The van der Waals surface area contributed by atoms with Gasteiger partial charge in [-0.1, -0.05) is 18.2 Å². The molecule has 0 aliphatic heterocycles. The molecule has 2 aromatic rings. The van der Waals surface area contributed by atoms with E-state index in [2.05, 4.69) is 10.4 Å². The molecule has 0 bridgehead atoms. The number of carbonyl (C=O) groups is 2. The smallest absolute Gasteiger partial charge is 0.292 e. The zero-order valence-electron chi connectivity index (χ0n) is 13.4. The molecule has 2 N–H and O–H groups in total. The van der Waals surface area contributed by atoms with Gasteiger partial charge >= 0.3 is 0 Å². The molecular weight excluding hydrogens is 306 g/mol. The summed E-state index contributed by atoms with van der Waals surface area (Å²) in [7, 11) is 0. The van der Waals surface area contributed by atoms with Gasteiger partial charge in [-0.15, -0.1) is 0 Å². The molecule has 1 aromatic heterocycles. The lowest BCUT2D eigenvalue weighted by molar-refractivity contribution is -0.117. The number of benzene rings is 1. The molecule has 1 aliphatic carbocycles. The van der Waals surface area contributed by atoms with Crippen LogP contribution in [0.5, 0.6) is 0 Å². The Morgan fingerprint density at radius 1 is 1.17 bits per heavy atom. The summed E-state index contributed by atoms with van der Waals surface area (Å²) >= 11 is 0. The maximum atomic E-state index is 12.3. The average Bonchev–Trinajstić information content (AvgIpc) is 3.12. The molecule has 3 rings (SSSR count). The van der Waals surface area contributed by atoms with Gasteiger partial charge in [-0.25, -0.2) is 4.68 Å². The molecule has 6 nitrogen and oxygen atoms in total. The number of nitrogens with zero attached hydrogens (tertiary/aromatic N) is 2. The van der Waals surface area contributed by atoms with Crippen molar-refractivity contribution >= 4 is 11.7 Å². The van der Waals surface area contributed by atoms with E-state index in [0.717, 1.165) is 31.4 Å². The highest BCUT2D eigenvalue weighted by atomic mass is 16.3. The van der Waals surface area contributed by atoms with Crippen molar-refractivity contribution in [1.82, 2.24) is 15.1 Å². The third-order valence-corrected chi connectivity index (χ3v) is 4.51. The van der Waals surface area contributed by atoms with Gasteiger partial charge in [0.1, 0.15) is 0 Å². The first-order chi connectivity index (χ1) is 11.7. The fourth-order valence-corrected chi connectivity index (χ4v) is 3.03. The summed E-state index contributed by atoms with van der Waals surface area (Å²) in [4.78, 5) is 24.4. The Bertz CT molecular complexity index is 703. The third kappa shape index (κ3) is 3.71. The summed E-state index contributed by atoms with van der Waals surface area (Å²) in [5.74, 6) is -0.838. The second-order valence-electron chi connectivity index (χ2n) is 6.21. The fourth-order valence-electron chi connectivity index (χ4n) is 3.03. The first kappa shape index (κ1) is 16.4. The number of Topliss-reactive ketones (excluding diaryl/α,β-unsaturated/α-hetero) is 1. The second-order valence-corrected chi connectivity index (χ2v) is 6.21. The molecule has 0 spiro atoms. The molecule has 0 unspecified atom stereocenters. The molecule has 1 saturated carbocycles. The standard InChI is InChI=1S/C18H21N3O3/c22-12-13-6-8-15(9-7-13)20-18(24)17(23)14-10-19-21(11-14)16-4-2-1-3-5-16/h1-5,10-11,13,15,22H,6-9,12H2,(H,20,24). The van der Waals surface area contributed by atoms with E-state index in [9.17, 15) is 9.59 Å². The van der Waals surface area contributed by atoms with Gasteiger partial charge in [-0.3, -0.25) is 9.59 Å². The molecule has 126 valence electrons. The number of hydrogen-bond donors (Lipinski definition) is 2. The van der Waals surface area contributed by atoms with E-state index in [-0.39, 0.29) is 18.2 Å². The van der Waals surface area contributed by atoms with E-state index >= 15 is 0 Å².